The molecule has 0 saturated heterocycles. The first-order chi connectivity index (χ1) is 3.13. The summed E-state index contributed by atoms with van der Waals surface area (Å²) >= 11 is 0. The Balaban J connectivity index is 2.95. The van der Waals surface area contributed by atoms with Gasteiger partial charge in [0.15, 0.2) is 0 Å². The maximum atomic E-state index is 11.5. The average molecular weight is 109 g/mol. The number of alkyl halides is 2. The Morgan fingerprint density at radius 3 is 2.00 bits per heavy atom. The summed E-state index contributed by atoms with van der Waals surface area (Å²) in [6.07, 6.45) is -4.09. The molecule has 3 heteroatoms. The first kappa shape index (κ1) is 6.82. The van der Waals surface area contributed by atoms with Crippen LogP contribution in [0.3, 0.4) is 0 Å². The molecule has 0 saturated carbocycles. The van der Waals surface area contributed by atoms with Gasteiger partial charge in [-0.25, -0.2) is 8.78 Å². The van der Waals surface area contributed by atoms with Gasteiger partial charge >= 0.3 is 0 Å². The highest BCUT2D eigenvalue weighted by Gasteiger charge is 2.06. The van der Waals surface area contributed by atoms with Gasteiger partial charge in [-0.3, -0.25) is 0 Å². The van der Waals surface area contributed by atoms with Gasteiger partial charge in [-0.15, -0.1) is 0 Å². The molecule has 7 heavy (non-hydrogen) atoms. The molecule has 0 rings (SSSR count). The summed E-state index contributed by atoms with van der Waals surface area (Å²) in [5.74, 6) is 0. The molecular weight excluding hydrogens is 102 g/mol. The third-order valence-electron chi connectivity index (χ3n) is 0.510. The standard InChI is InChI=1S/C4H7F2O/c1-3(5)2-4(6)7/h3-4H,2H2,1H3. The SMILES string of the molecule is CC(F)CC([O])F. The second kappa shape index (κ2) is 2.91. The van der Waals surface area contributed by atoms with E-state index >= 15 is 0 Å². The van der Waals surface area contributed by atoms with E-state index in [1.54, 1.807) is 0 Å². The molecule has 0 N–H and O–H groups in total. The molecule has 0 aromatic heterocycles. The van der Waals surface area contributed by atoms with Crippen LogP contribution in [0.2, 0.25) is 0 Å². The lowest BCUT2D eigenvalue weighted by Gasteiger charge is -1.96. The smallest absolute Gasteiger partial charge is 0.234 e. The van der Waals surface area contributed by atoms with Crippen molar-refractivity contribution < 1.29 is 13.9 Å². The summed E-state index contributed by atoms with van der Waals surface area (Å²) in [7, 11) is 0. The van der Waals surface area contributed by atoms with Crippen molar-refractivity contribution >= 4 is 0 Å². The van der Waals surface area contributed by atoms with E-state index in [9.17, 15) is 13.9 Å². The second-order valence-corrected chi connectivity index (χ2v) is 1.43. The van der Waals surface area contributed by atoms with Crippen LogP contribution in [0.1, 0.15) is 13.3 Å². The van der Waals surface area contributed by atoms with Crippen molar-refractivity contribution in [1.82, 2.24) is 0 Å². The summed E-state index contributed by atoms with van der Waals surface area (Å²) < 4.78 is 22.7. The van der Waals surface area contributed by atoms with Crippen molar-refractivity contribution in [3.63, 3.8) is 0 Å². The van der Waals surface area contributed by atoms with Crippen molar-refractivity contribution in [2.45, 2.75) is 25.9 Å². The lowest BCUT2D eigenvalue weighted by molar-refractivity contribution is -0.0407. The van der Waals surface area contributed by atoms with Crippen LogP contribution in [-0.2, 0) is 5.11 Å². The molecular formula is C4H7F2O. The molecule has 0 aliphatic carbocycles. The minimum atomic E-state index is -2.25. The first-order valence-corrected chi connectivity index (χ1v) is 2.07. The fourth-order valence-electron chi connectivity index (χ4n) is 0.255. The molecule has 0 fully saturated rings. The van der Waals surface area contributed by atoms with Crippen LogP contribution in [0.5, 0.6) is 0 Å². The van der Waals surface area contributed by atoms with Gasteiger partial charge in [0, 0.05) is 6.42 Å². The van der Waals surface area contributed by atoms with Crippen LogP contribution in [-0.4, -0.2) is 12.5 Å². The molecule has 2 atom stereocenters. The van der Waals surface area contributed by atoms with Gasteiger partial charge in [0.2, 0.25) is 6.36 Å². The third-order valence-corrected chi connectivity index (χ3v) is 0.510. The number of hydrogen-bond donors (Lipinski definition) is 0. The maximum Gasteiger partial charge on any atom is 0.234 e. The summed E-state index contributed by atoms with van der Waals surface area (Å²) in [5.41, 5.74) is 0. The van der Waals surface area contributed by atoms with Crippen molar-refractivity contribution in [2.75, 3.05) is 0 Å². The number of rotatable bonds is 2. The van der Waals surface area contributed by atoms with Gasteiger partial charge in [0.25, 0.3) is 0 Å². The molecule has 0 aliphatic heterocycles. The van der Waals surface area contributed by atoms with E-state index in [2.05, 4.69) is 0 Å². The maximum absolute atomic E-state index is 11.5. The lowest BCUT2D eigenvalue weighted by Crippen LogP contribution is -2.03. The van der Waals surface area contributed by atoms with E-state index in [-0.39, 0.29) is 0 Å². The zero-order valence-electron chi connectivity index (χ0n) is 4.03. The van der Waals surface area contributed by atoms with E-state index in [1.165, 1.54) is 0 Å². The van der Waals surface area contributed by atoms with Crippen molar-refractivity contribution in [3.8, 4) is 0 Å². The molecule has 1 radical (unpaired) electrons. The number of halogens is 2. The van der Waals surface area contributed by atoms with Gasteiger partial charge in [-0.2, -0.15) is 5.11 Å². The molecule has 0 amide bonds. The summed E-state index contributed by atoms with van der Waals surface area (Å²) in [5, 5.41) is 9.43. The fourth-order valence-corrected chi connectivity index (χ4v) is 0.255. The third kappa shape index (κ3) is 5.82. The highest BCUT2D eigenvalue weighted by Crippen LogP contribution is 2.01. The van der Waals surface area contributed by atoms with Crippen LogP contribution in [0.4, 0.5) is 8.78 Å². The molecule has 0 aromatic rings. The predicted molar refractivity (Wildman–Crippen MR) is 20.8 cm³/mol. The first-order valence-electron chi connectivity index (χ1n) is 2.07. The Labute approximate surface area is 41.0 Å². The molecule has 1 nitrogen and oxygen atoms in total. The molecule has 0 aliphatic rings. The van der Waals surface area contributed by atoms with Crippen LogP contribution in [0.25, 0.3) is 0 Å². The summed E-state index contributed by atoms with van der Waals surface area (Å²) in [6.45, 7) is 1.16. The van der Waals surface area contributed by atoms with Crippen LogP contribution < -0.4 is 0 Å². The predicted octanol–water partition coefficient (Wildman–Crippen LogP) is 1.46. The van der Waals surface area contributed by atoms with Crippen LogP contribution >= 0.6 is 0 Å². The Morgan fingerprint density at radius 1 is 1.57 bits per heavy atom. The normalized spacial score (nSPS) is 18.9. The molecule has 0 heterocycles. The van der Waals surface area contributed by atoms with E-state index < -0.39 is 19.0 Å². The Kier molecular flexibility index (Phi) is 2.83. The Morgan fingerprint density at radius 2 is 2.00 bits per heavy atom. The quantitative estimate of drug-likeness (QED) is 0.511. The Bertz CT molecular complexity index is 39.0. The minimum Gasteiger partial charge on any atom is -0.248 e. The minimum absolute atomic E-state index is 0.528. The van der Waals surface area contributed by atoms with Gasteiger partial charge in [0.05, 0.1) is 0 Å². The van der Waals surface area contributed by atoms with Crippen molar-refractivity contribution in [3.05, 3.63) is 0 Å². The van der Waals surface area contributed by atoms with E-state index in [1.807, 2.05) is 0 Å². The molecule has 0 spiro atoms. The highest BCUT2D eigenvalue weighted by atomic mass is 19.2. The molecule has 2 unspecified atom stereocenters. The van der Waals surface area contributed by atoms with Crippen molar-refractivity contribution in [1.29, 1.82) is 0 Å². The number of hydrogen-bond acceptors (Lipinski definition) is 0. The Hall–Kier alpha value is -0.180. The molecule has 43 valence electrons. The summed E-state index contributed by atoms with van der Waals surface area (Å²) in [4.78, 5) is 0. The zero-order chi connectivity index (χ0) is 5.86. The van der Waals surface area contributed by atoms with E-state index in [4.69, 9.17) is 0 Å². The fraction of sp³-hybridized carbons (Fsp3) is 1.00. The highest BCUT2D eigenvalue weighted by molar-refractivity contribution is 4.46. The van der Waals surface area contributed by atoms with Crippen LogP contribution in [0, 0.1) is 0 Å². The second-order valence-electron chi connectivity index (χ2n) is 1.43. The van der Waals surface area contributed by atoms with E-state index in [0.717, 1.165) is 6.92 Å². The lowest BCUT2D eigenvalue weighted by atomic mass is 10.3. The summed E-state index contributed by atoms with van der Waals surface area (Å²) in [6, 6.07) is 0. The monoisotopic (exact) mass is 109 g/mol. The van der Waals surface area contributed by atoms with Gasteiger partial charge in [-0.05, 0) is 6.92 Å². The van der Waals surface area contributed by atoms with Gasteiger partial charge in [0.1, 0.15) is 6.17 Å². The average Bonchev–Trinajstić information content (AvgIpc) is 1.27. The van der Waals surface area contributed by atoms with Crippen molar-refractivity contribution in [2.24, 2.45) is 0 Å². The molecule has 0 bridgehead atoms. The topological polar surface area (TPSA) is 19.9 Å². The van der Waals surface area contributed by atoms with E-state index in [0.29, 0.717) is 0 Å². The molecule has 0 aromatic carbocycles. The van der Waals surface area contributed by atoms with Crippen LogP contribution in [0.15, 0.2) is 0 Å². The van der Waals surface area contributed by atoms with Gasteiger partial charge < -0.3 is 0 Å². The largest absolute Gasteiger partial charge is 0.248 e. The zero-order valence-corrected chi connectivity index (χ0v) is 4.03. The van der Waals surface area contributed by atoms with Gasteiger partial charge in [-0.1, -0.05) is 0 Å².